The second kappa shape index (κ2) is 8.05. The number of hydrogen-bond donors (Lipinski definition) is 0. The molecule has 1 atom stereocenters. The number of amides is 1. The molecule has 112 valence electrons. The molecule has 0 aliphatic carbocycles. The van der Waals surface area contributed by atoms with Gasteiger partial charge in [0.25, 0.3) is 0 Å². The largest absolute Gasteiger partial charge is 0.465 e. The van der Waals surface area contributed by atoms with Gasteiger partial charge in [0.2, 0.25) is 5.91 Å². The summed E-state index contributed by atoms with van der Waals surface area (Å²) in [7, 11) is 0. The Morgan fingerprint density at radius 3 is 2.38 bits per heavy atom. The average Bonchev–Trinajstić information content (AvgIpc) is 2.46. The third-order valence-electron chi connectivity index (χ3n) is 3.02. The molecule has 1 amide bonds. The van der Waals surface area contributed by atoms with Crippen LogP contribution in [0.2, 0.25) is 0 Å². The molecular weight excluding hydrogens is 268 g/mol. The maximum Gasteiger partial charge on any atom is 0.325 e. The smallest absolute Gasteiger partial charge is 0.325 e. The zero-order valence-corrected chi connectivity index (χ0v) is 12.6. The van der Waals surface area contributed by atoms with E-state index < -0.39 is 11.9 Å². The number of benzene rings is 1. The lowest BCUT2D eigenvalue weighted by Crippen LogP contribution is -2.43. The lowest BCUT2D eigenvalue weighted by molar-refractivity contribution is -0.150. The third-order valence-corrected chi connectivity index (χ3v) is 3.02. The first kappa shape index (κ1) is 16.7. The quantitative estimate of drug-likeness (QED) is 0.752. The summed E-state index contributed by atoms with van der Waals surface area (Å²) in [5.74, 6) is -1.76. The topological polar surface area (TPSA) is 70.4 Å². The predicted molar refractivity (Wildman–Crippen MR) is 78.3 cm³/mol. The second-order valence-electron chi connectivity index (χ2n) is 4.84. The molecule has 21 heavy (non-hydrogen) atoms. The molecule has 0 saturated heterocycles. The van der Waals surface area contributed by atoms with Crippen LogP contribution in [-0.2, 0) is 14.3 Å². The van der Waals surface area contributed by atoms with Crippen LogP contribution in [-0.4, -0.2) is 36.0 Å². The van der Waals surface area contributed by atoms with Crippen LogP contribution in [0.4, 0.5) is 0 Å². The van der Waals surface area contributed by atoms with Gasteiger partial charge in [-0.05, 0) is 26.3 Å². The molecule has 0 spiro atoms. The van der Waals surface area contributed by atoms with Gasteiger partial charge in [0.05, 0.1) is 12.7 Å². The van der Waals surface area contributed by atoms with E-state index in [9.17, 15) is 14.9 Å². The molecule has 1 unspecified atom stereocenters. The number of carbonyl (C=O) groups is 2. The normalized spacial score (nSPS) is 11.6. The highest BCUT2D eigenvalue weighted by Crippen LogP contribution is 2.19. The SMILES string of the molecule is CCOC(=O)CN(C(=O)C(C#N)c1ccccc1)C(C)C. The Morgan fingerprint density at radius 1 is 1.29 bits per heavy atom. The molecule has 0 aromatic heterocycles. The summed E-state index contributed by atoms with van der Waals surface area (Å²) in [6.07, 6.45) is 0. The average molecular weight is 288 g/mol. The Hall–Kier alpha value is -2.35. The standard InChI is InChI=1S/C16H20N2O3/c1-4-21-15(19)11-18(12(2)3)16(20)14(10-17)13-8-6-5-7-9-13/h5-9,12,14H,4,11H2,1-3H3. The van der Waals surface area contributed by atoms with Gasteiger partial charge in [0.15, 0.2) is 0 Å². The summed E-state index contributed by atoms with van der Waals surface area (Å²) in [6.45, 7) is 5.43. The molecule has 0 bridgehead atoms. The molecule has 0 fully saturated rings. The summed E-state index contributed by atoms with van der Waals surface area (Å²) < 4.78 is 4.88. The summed E-state index contributed by atoms with van der Waals surface area (Å²) in [5, 5.41) is 9.30. The van der Waals surface area contributed by atoms with E-state index in [-0.39, 0.29) is 25.1 Å². The van der Waals surface area contributed by atoms with Crippen LogP contribution < -0.4 is 0 Å². The second-order valence-corrected chi connectivity index (χ2v) is 4.84. The molecule has 0 aliphatic heterocycles. The predicted octanol–water partition coefficient (Wildman–Crippen LogP) is 2.09. The van der Waals surface area contributed by atoms with E-state index in [1.807, 2.05) is 12.1 Å². The fourth-order valence-electron chi connectivity index (χ4n) is 1.94. The summed E-state index contributed by atoms with van der Waals surface area (Å²) >= 11 is 0. The highest BCUT2D eigenvalue weighted by atomic mass is 16.5. The van der Waals surface area contributed by atoms with E-state index in [4.69, 9.17) is 4.74 Å². The van der Waals surface area contributed by atoms with Crippen molar-refractivity contribution in [1.82, 2.24) is 4.90 Å². The Labute approximate surface area is 125 Å². The molecule has 0 N–H and O–H groups in total. The molecule has 5 nitrogen and oxygen atoms in total. The van der Waals surface area contributed by atoms with Gasteiger partial charge in [-0.25, -0.2) is 0 Å². The van der Waals surface area contributed by atoms with E-state index >= 15 is 0 Å². The highest BCUT2D eigenvalue weighted by Gasteiger charge is 2.29. The van der Waals surface area contributed by atoms with Gasteiger partial charge in [-0.2, -0.15) is 5.26 Å². The number of nitrogens with zero attached hydrogens (tertiary/aromatic N) is 2. The van der Waals surface area contributed by atoms with E-state index in [1.165, 1.54) is 4.90 Å². The maximum absolute atomic E-state index is 12.6. The fourth-order valence-corrected chi connectivity index (χ4v) is 1.94. The van der Waals surface area contributed by atoms with Crippen LogP contribution in [0.25, 0.3) is 0 Å². The van der Waals surface area contributed by atoms with E-state index in [0.717, 1.165) is 0 Å². The maximum atomic E-state index is 12.6. The van der Waals surface area contributed by atoms with Crippen molar-refractivity contribution in [3.63, 3.8) is 0 Å². The zero-order valence-electron chi connectivity index (χ0n) is 12.6. The minimum absolute atomic E-state index is 0.143. The Morgan fingerprint density at radius 2 is 1.90 bits per heavy atom. The van der Waals surface area contributed by atoms with Crippen LogP contribution in [0.15, 0.2) is 30.3 Å². The number of nitriles is 1. The van der Waals surface area contributed by atoms with Crippen molar-refractivity contribution in [2.45, 2.75) is 32.7 Å². The first-order valence-corrected chi connectivity index (χ1v) is 6.91. The Balaban J connectivity index is 2.94. The van der Waals surface area contributed by atoms with E-state index in [0.29, 0.717) is 5.56 Å². The monoisotopic (exact) mass is 288 g/mol. The first-order chi connectivity index (χ1) is 10.0. The van der Waals surface area contributed by atoms with Gasteiger partial charge in [-0.15, -0.1) is 0 Å². The van der Waals surface area contributed by atoms with Gasteiger partial charge in [0, 0.05) is 6.04 Å². The zero-order chi connectivity index (χ0) is 15.8. The van der Waals surface area contributed by atoms with Crippen molar-refractivity contribution in [2.75, 3.05) is 13.2 Å². The van der Waals surface area contributed by atoms with Crippen LogP contribution in [0, 0.1) is 11.3 Å². The minimum Gasteiger partial charge on any atom is -0.465 e. The van der Waals surface area contributed by atoms with Crippen LogP contribution in [0.1, 0.15) is 32.3 Å². The van der Waals surface area contributed by atoms with Crippen molar-refractivity contribution < 1.29 is 14.3 Å². The molecule has 1 aromatic carbocycles. The fraction of sp³-hybridized carbons (Fsp3) is 0.438. The molecule has 0 heterocycles. The van der Waals surface area contributed by atoms with E-state index in [1.54, 1.807) is 45.0 Å². The van der Waals surface area contributed by atoms with Gasteiger partial charge < -0.3 is 9.64 Å². The van der Waals surface area contributed by atoms with Gasteiger partial charge in [-0.3, -0.25) is 9.59 Å². The molecule has 1 aromatic rings. The van der Waals surface area contributed by atoms with Crippen molar-refractivity contribution in [3.05, 3.63) is 35.9 Å². The molecule has 0 saturated carbocycles. The van der Waals surface area contributed by atoms with Crippen LogP contribution >= 0.6 is 0 Å². The molecule has 1 rings (SSSR count). The number of ether oxygens (including phenoxy) is 1. The lowest BCUT2D eigenvalue weighted by Gasteiger charge is -2.27. The van der Waals surface area contributed by atoms with Crippen LogP contribution in [0.5, 0.6) is 0 Å². The summed E-state index contributed by atoms with van der Waals surface area (Å²) in [5.41, 5.74) is 0.625. The Kier molecular flexibility index (Phi) is 6.41. The van der Waals surface area contributed by atoms with Crippen molar-refractivity contribution in [2.24, 2.45) is 0 Å². The molecule has 0 aliphatic rings. The summed E-state index contributed by atoms with van der Waals surface area (Å²) in [4.78, 5) is 25.5. The minimum atomic E-state index is -0.914. The third kappa shape index (κ3) is 4.60. The van der Waals surface area contributed by atoms with Crippen LogP contribution in [0.3, 0.4) is 0 Å². The Bertz CT molecular complexity index is 520. The van der Waals surface area contributed by atoms with E-state index in [2.05, 4.69) is 0 Å². The summed E-state index contributed by atoms with van der Waals surface area (Å²) in [6, 6.07) is 10.7. The van der Waals surface area contributed by atoms with Gasteiger partial charge >= 0.3 is 5.97 Å². The van der Waals surface area contributed by atoms with Crippen molar-refractivity contribution >= 4 is 11.9 Å². The molecular formula is C16H20N2O3. The number of carbonyl (C=O) groups excluding carboxylic acids is 2. The number of hydrogen-bond acceptors (Lipinski definition) is 4. The highest BCUT2D eigenvalue weighted by molar-refractivity contribution is 5.89. The van der Waals surface area contributed by atoms with Crippen molar-refractivity contribution in [1.29, 1.82) is 5.26 Å². The number of esters is 1. The number of rotatable bonds is 6. The van der Waals surface area contributed by atoms with Crippen molar-refractivity contribution in [3.8, 4) is 6.07 Å². The first-order valence-electron chi connectivity index (χ1n) is 6.91. The van der Waals surface area contributed by atoms with Gasteiger partial charge in [0.1, 0.15) is 12.5 Å². The molecule has 5 heteroatoms. The van der Waals surface area contributed by atoms with Gasteiger partial charge in [-0.1, -0.05) is 30.3 Å². The molecule has 0 radical (unpaired) electrons. The lowest BCUT2D eigenvalue weighted by atomic mass is 9.98.